The molecule has 0 aliphatic carbocycles. The van der Waals surface area contributed by atoms with Crippen LogP contribution in [0.2, 0.25) is 36.9 Å². The SMILES string of the molecule is CC(C)(C)c1cc(-c2[c-]c3c(-c4[c-]c5c(cc4)Oc4c[c]([Ge]([CH3])([CH3])[CH3])cc6ccnc-5c46)csc3c([Si](C)(C)C)c2)nc(C(C)(C)C)c1.[Pt+2]. The molecule has 0 unspecified atom stereocenters. The fourth-order valence-electron chi connectivity index (χ4n) is 6.44. The number of thiophene rings is 1. The van der Waals surface area contributed by atoms with E-state index in [0.717, 1.165) is 61.6 Å². The third-order valence-corrected chi connectivity index (χ3v) is 16.9. The second-order valence-corrected chi connectivity index (χ2v) is 34.1. The van der Waals surface area contributed by atoms with E-state index < -0.39 is 21.3 Å². The van der Waals surface area contributed by atoms with Gasteiger partial charge < -0.3 is 0 Å². The van der Waals surface area contributed by atoms with Crippen LogP contribution in [-0.2, 0) is 31.9 Å². The van der Waals surface area contributed by atoms with E-state index in [1.165, 1.54) is 25.2 Å². The molecule has 3 aromatic carbocycles. The van der Waals surface area contributed by atoms with Gasteiger partial charge in [-0.15, -0.1) is 6.07 Å². The number of rotatable bonds is 4. The summed E-state index contributed by atoms with van der Waals surface area (Å²) in [7, 11) is -1.74. The summed E-state index contributed by atoms with van der Waals surface area (Å²) in [6.07, 6.45) is 1.93. The van der Waals surface area contributed by atoms with Gasteiger partial charge in [-0.2, -0.15) is 0 Å². The van der Waals surface area contributed by atoms with Crippen molar-refractivity contribution in [3.8, 4) is 45.1 Å². The van der Waals surface area contributed by atoms with Gasteiger partial charge in [0.15, 0.2) is 0 Å². The maximum atomic E-state index is 6.61. The average molecular weight is 923 g/mol. The molecule has 0 atom stereocenters. The summed E-state index contributed by atoms with van der Waals surface area (Å²) in [5, 5.41) is 7.16. The van der Waals surface area contributed by atoms with Gasteiger partial charge >= 0.3 is 197 Å². The molecule has 4 heterocycles. The summed E-state index contributed by atoms with van der Waals surface area (Å²) in [6, 6.07) is 25.7. The van der Waals surface area contributed by atoms with Crippen LogP contribution in [-0.4, -0.2) is 31.3 Å². The number of ether oxygens (including phenoxy) is 1. The monoisotopic (exact) mass is 923 g/mol. The molecule has 0 spiro atoms. The van der Waals surface area contributed by atoms with Crippen LogP contribution in [0, 0.1) is 12.1 Å². The van der Waals surface area contributed by atoms with Crippen molar-refractivity contribution in [2.75, 3.05) is 0 Å². The Balaban J connectivity index is 0.00000417. The quantitative estimate of drug-likeness (QED) is 0.130. The Morgan fingerprint density at radius 3 is 2.20 bits per heavy atom. The van der Waals surface area contributed by atoms with Crippen molar-refractivity contribution in [2.24, 2.45) is 0 Å². The molecule has 254 valence electrons. The molecule has 1 aliphatic rings. The Morgan fingerprint density at radius 1 is 0.816 bits per heavy atom. The zero-order chi connectivity index (χ0) is 34.6. The standard InChI is InChI=1S/C42H46GeN2OSSi.Pt/c1-41(2,3)28-21-33(45-37(22-28)42(4,5)6)27-19-30-32(24-47-40(30)36(20-27)48(10,11)12)25-13-14-34-31(18-25)39-38-26(15-16-44-39)17-29(43(7,8)9)23-35(38)46-34;/h13-17,20-24H,1-12H3;/q-2;+2. The maximum absolute atomic E-state index is 6.61. The van der Waals surface area contributed by atoms with Crippen molar-refractivity contribution in [3.05, 3.63) is 83.5 Å². The summed E-state index contributed by atoms with van der Waals surface area (Å²) in [5.41, 5.74) is 8.47. The number of hydrogen-bond acceptors (Lipinski definition) is 4. The van der Waals surface area contributed by atoms with Crippen LogP contribution < -0.4 is 14.3 Å². The number of nitrogens with zero attached hydrogens (tertiary/aromatic N) is 2. The Kier molecular flexibility index (Phi) is 9.08. The summed E-state index contributed by atoms with van der Waals surface area (Å²) >= 11 is -0.255. The van der Waals surface area contributed by atoms with Crippen LogP contribution in [0.5, 0.6) is 11.5 Å². The van der Waals surface area contributed by atoms with E-state index in [4.69, 9.17) is 14.7 Å². The van der Waals surface area contributed by atoms with E-state index in [1.54, 1.807) is 0 Å². The first kappa shape index (κ1) is 36.2. The van der Waals surface area contributed by atoms with E-state index in [0.29, 0.717) is 0 Å². The number of benzene rings is 3. The van der Waals surface area contributed by atoms with E-state index in [2.05, 4.69) is 144 Å². The first-order chi connectivity index (χ1) is 22.3. The third-order valence-electron chi connectivity index (χ3n) is 9.48. The molecule has 0 saturated heterocycles. The molecule has 0 radical (unpaired) electrons. The molecule has 3 aromatic heterocycles. The van der Waals surface area contributed by atoms with E-state index in [1.807, 2.05) is 17.5 Å². The Morgan fingerprint density at radius 2 is 1.55 bits per heavy atom. The van der Waals surface area contributed by atoms with Gasteiger partial charge in [-0.3, -0.25) is 4.98 Å². The van der Waals surface area contributed by atoms with Gasteiger partial charge in [0.25, 0.3) is 0 Å². The van der Waals surface area contributed by atoms with Gasteiger partial charge in [-0.05, 0) is 17.0 Å². The van der Waals surface area contributed by atoms with Gasteiger partial charge in [-0.1, -0.05) is 67.2 Å². The van der Waals surface area contributed by atoms with Gasteiger partial charge in [0.2, 0.25) is 0 Å². The Labute approximate surface area is 314 Å². The molecule has 0 N–H and O–H groups in total. The zero-order valence-corrected chi connectivity index (χ0v) is 37.0. The predicted molar refractivity (Wildman–Crippen MR) is 212 cm³/mol. The van der Waals surface area contributed by atoms with Gasteiger partial charge in [0, 0.05) is 16.8 Å². The van der Waals surface area contributed by atoms with Crippen molar-refractivity contribution in [1.82, 2.24) is 9.97 Å². The number of fused-ring (bicyclic) bond motifs is 3. The molecular weight excluding hydrogens is 876 g/mol. The van der Waals surface area contributed by atoms with Crippen molar-refractivity contribution in [3.63, 3.8) is 0 Å². The minimum atomic E-state index is -2.08. The van der Waals surface area contributed by atoms with Crippen LogP contribution in [0.1, 0.15) is 52.8 Å². The summed E-state index contributed by atoms with van der Waals surface area (Å²) < 4.78 is 9.37. The molecule has 7 rings (SSSR count). The minimum Gasteiger partial charge on any atom is -0.291 e. The number of hydrogen-bond donors (Lipinski definition) is 0. The zero-order valence-electron chi connectivity index (χ0n) is 30.8. The van der Waals surface area contributed by atoms with Crippen LogP contribution in [0.3, 0.4) is 0 Å². The summed E-state index contributed by atoms with van der Waals surface area (Å²) in [4.78, 5) is 10.2. The van der Waals surface area contributed by atoms with E-state index in [9.17, 15) is 0 Å². The third kappa shape index (κ3) is 6.66. The molecule has 0 fully saturated rings. The van der Waals surface area contributed by atoms with Crippen LogP contribution in [0.15, 0.2) is 60.1 Å². The van der Waals surface area contributed by atoms with Crippen LogP contribution in [0.4, 0.5) is 0 Å². The first-order valence-electron chi connectivity index (χ1n) is 17.0. The molecule has 1 aliphatic heterocycles. The first-order valence-corrected chi connectivity index (χ1v) is 28.7. The van der Waals surface area contributed by atoms with Crippen LogP contribution in [0.25, 0.3) is 54.5 Å². The average Bonchev–Trinajstić information content (AvgIpc) is 3.42. The molecule has 6 aromatic rings. The van der Waals surface area contributed by atoms with Crippen molar-refractivity contribution in [1.29, 1.82) is 0 Å². The fraction of sp³-hybridized carbons (Fsp3) is 0.333. The second-order valence-electron chi connectivity index (χ2n) is 17.5. The van der Waals surface area contributed by atoms with Crippen LogP contribution >= 0.6 is 11.3 Å². The Bertz CT molecular complexity index is 2230. The van der Waals surface area contributed by atoms with Crippen molar-refractivity contribution in [2.45, 2.75) is 89.3 Å². The molecule has 7 heteroatoms. The van der Waals surface area contributed by atoms with Crippen molar-refractivity contribution >= 4 is 63.1 Å². The van der Waals surface area contributed by atoms with Crippen molar-refractivity contribution < 1.29 is 25.8 Å². The molecule has 0 saturated carbocycles. The van der Waals surface area contributed by atoms with Gasteiger partial charge in [0.05, 0.1) is 8.07 Å². The van der Waals surface area contributed by atoms with Gasteiger partial charge in [0.1, 0.15) is 0 Å². The second kappa shape index (κ2) is 12.3. The molecule has 0 amide bonds. The molecular formula is C42H46GeN2OPtSSi. The fourth-order valence-corrected chi connectivity index (χ4v) is 12.3. The molecule has 3 nitrogen and oxygen atoms in total. The number of aromatic nitrogens is 2. The molecule has 0 bridgehead atoms. The smallest absolute Gasteiger partial charge is 0.291 e. The van der Waals surface area contributed by atoms with E-state index in [-0.39, 0.29) is 31.9 Å². The van der Waals surface area contributed by atoms with E-state index >= 15 is 0 Å². The number of pyridine rings is 2. The van der Waals surface area contributed by atoms with Gasteiger partial charge in [-0.25, -0.2) is 0 Å². The Hall–Kier alpha value is -2.57. The molecule has 49 heavy (non-hydrogen) atoms. The summed E-state index contributed by atoms with van der Waals surface area (Å²) in [5.74, 6) is 9.01. The minimum absolute atomic E-state index is 0. The predicted octanol–water partition coefficient (Wildman–Crippen LogP) is 11.2. The summed E-state index contributed by atoms with van der Waals surface area (Å²) in [6.45, 7) is 20.9. The normalized spacial score (nSPS) is 13.3. The topological polar surface area (TPSA) is 35.0 Å².